The maximum Gasteiger partial charge on any atom is 0.151 e. The zero-order valence-electron chi connectivity index (χ0n) is 12.5. The Hall–Kier alpha value is -1.69. The second-order valence-corrected chi connectivity index (χ2v) is 8.31. The summed E-state index contributed by atoms with van der Waals surface area (Å²) in [4.78, 5) is 9.45. The van der Waals surface area contributed by atoms with Gasteiger partial charge in [-0.1, -0.05) is 48.2 Å². The number of rotatable bonds is 4. The summed E-state index contributed by atoms with van der Waals surface area (Å²) in [5, 5.41) is 3.25. The SMILES string of the molecule is Cc1ccccc1-c1nc(CSc2nc3ccccc3s2)cs1. The van der Waals surface area contributed by atoms with Gasteiger partial charge in [0.1, 0.15) is 5.01 Å². The number of hydrogen-bond acceptors (Lipinski definition) is 5. The number of aryl methyl sites for hydroxylation is 1. The van der Waals surface area contributed by atoms with Crippen LogP contribution in [-0.2, 0) is 5.75 Å². The van der Waals surface area contributed by atoms with Crippen molar-refractivity contribution in [3.8, 4) is 10.6 Å². The average molecular weight is 355 g/mol. The molecule has 0 spiro atoms. The van der Waals surface area contributed by atoms with Gasteiger partial charge in [0.2, 0.25) is 0 Å². The van der Waals surface area contributed by atoms with E-state index in [4.69, 9.17) is 4.98 Å². The monoisotopic (exact) mass is 354 g/mol. The van der Waals surface area contributed by atoms with Gasteiger partial charge >= 0.3 is 0 Å². The van der Waals surface area contributed by atoms with Gasteiger partial charge in [0, 0.05) is 16.7 Å². The van der Waals surface area contributed by atoms with Crippen molar-refractivity contribution in [2.75, 3.05) is 0 Å². The van der Waals surface area contributed by atoms with Crippen molar-refractivity contribution in [3.63, 3.8) is 0 Å². The molecule has 23 heavy (non-hydrogen) atoms. The largest absolute Gasteiger partial charge is 0.240 e. The van der Waals surface area contributed by atoms with Crippen LogP contribution in [0.2, 0.25) is 0 Å². The third-order valence-electron chi connectivity index (χ3n) is 3.55. The molecule has 114 valence electrons. The topological polar surface area (TPSA) is 25.8 Å². The summed E-state index contributed by atoms with van der Waals surface area (Å²) in [7, 11) is 0. The van der Waals surface area contributed by atoms with E-state index in [2.05, 4.69) is 59.8 Å². The van der Waals surface area contributed by atoms with Crippen molar-refractivity contribution < 1.29 is 0 Å². The molecule has 0 aliphatic carbocycles. The van der Waals surface area contributed by atoms with Gasteiger partial charge in [-0.3, -0.25) is 0 Å². The van der Waals surface area contributed by atoms with Gasteiger partial charge in [0.05, 0.1) is 15.9 Å². The first-order chi connectivity index (χ1) is 11.3. The Morgan fingerprint density at radius 2 is 1.83 bits per heavy atom. The van der Waals surface area contributed by atoms with E-state index in [0.717, 1.165) is 26.3 Å². The molecule has 0 radical (unpaired) electrons. The highest BCUT2D eigenvalue weighted by molar-refractivity contribution is 8.00. The fourth-order valence-electron chi connectivity index (χ4n) is 2.36. The van der Waals surface area contributed by atoms with Crippen molar-refractivity contribution in [3.05, 3.63) is 65.2 Å². The van der Waals surface area contributed by atoms with E-state index in [1.165, 1.54) is 15.8 Å². The van der Waals surface area contributed by atoms with E-state index in [1.54, 1.807) is 34.4 Å². The van der Waals surface area contributed by atoms with E-state index in [1.807, 2.05) is 6.07 Å². The number of nitrogens with zero attached hydrogens (tertiary/aromatic N) is 2. The minimum atomic E-state index is 0.863. The maximum atomic E-state index is 4.78. The van der Waals surface area contributed by atoms with Crippen LogP contribution in [0.25, 0.3) is 20.8 Å². The van der Waals surface area contributed by atoms with E-state index in [-0.39, 0.29) is 0 Å². The van der Waals surface area contributed by atoms with Crippen LogP contribution in [0.15, 0.2) is 58.3 Å². The molecule has 2 aromatic carbocycles. The Morgan fingerprint density at radius 3 is 2.70 bits per heavy atom. The fraction of sp³-hybridized carbons (Fsp3) is 0.111. The van der Waals surface area contributed by atoms with Gasteiger partial charge in [-0.05, 0) is 24.6 Å². The maximum absolute atomic E-state index is 4.78. The van der Waals surface area contributed by atoms with Gasteiger partial charge in [-0.15, -0.1) is 22.7 Å². The molecule has 4 aromatic rings. The smallest absolute Gasteiger partial charge is 0.151 e. The second kappa shape index (κ2) is 6.43. The summed E-state index contributed by atoms with van der Waals surface area (Å²) in [6.07, 6.45) is 0. The molecular weight excluding hydrogens is 340 g/mol. The van der Waals surface area contributed by atoms with Crippen molar-refractivity contribution in [1.29, 1.82) is 0 Å². The van der Waals surface area contributed by atoms with Gasteiger partial charge in [-0.2, -0.15) is 0 Å². The molecule has 0 fully saturated rings. The molecule has 0 saturated carbocycles. The van der Waals surface area contributed by atoms with Crippen LogP contribution in [0.5, 0.6) is 0 Å². The highest BCUT2D eigenvalue weighted by Gasteiger charge is 2.09. The summed E-state index contributed by atoms with van der Waals surface area (Å²) in [6.45, 7) is 2.13. The molecule has 0 bridgehead atoms. The molecule has 4 rings (SSSR count). The number of hydrogen-bond donors (Lipinski definition) is 0. The van der Waals surface area contributed by atoms with Gasteiger partial charge < -0.3 is 0 Å². The van der Waals surface area contributed by atoms with E-state index in [0.29, 0.717) is 0 Å². The van der Waals surface area contributed by atoms with Gasteiger partial charge in [0.15, 0.2) is 4.34 Å². The lowest BCUT2D eigenvalue weighted by molar-refractivity contribution is 1.22. The Kier molecular flexibility index (Phi) is 4.16. The normalized spacial score (nSPS) is 11.2. The zero-order chi connectivity index (χ0) is 15.6. The molecule has 0 unspecified atom stereocenters. The second-order valence-electron chi connectivity index (χ2n) is 5.20. The molecule has 5 heteroatoms. The standard InChI is InChI=1S/C18H14N2S3/c1-12-6-2-3-7-14(12)17-19-13(10-21-17)11-22-18-20-15-8-4-5-9-16(15)23-18/h2-10H,11H2,1H3. The number of thiazole rings is 2. The van der Waals surface area contributed by atoms with E-state index >= 15 is 0 Å². The Bertz CT molecular complexity index is 922. The summed E-state index contributed by atoms with van der Waals surface area (Å²) in [6, 6.07) is 16.7. The number of benzene rings is 2. The molecule has 2 heterocycles. The predicted octanol–water partition coefficient (Wildman–Crippen LogP) is 6.02. The van der Waals surface area contributed by atoms with Crippen molar-refractivity contribution in [2.45, 2.75) is 17.0 Å². The van der Waals surface area contributed by atoms with Crippen LogP contribution < -0.4 is 0 Å². The predicted molar refractivity (Wildman–Crippen MR) is 101 cm³/mol. The van der Waals surface area contributed by atoms with Crippen molar-refractivity contribution in [2.24, 2.45) is 0 Å². The average Bonchev–Trinajstić information content (AvgIpc) is 3.19. The number of para-hydroxylation sites is 1. The van der Waals surface area contributed by atoms with Crippen LogP contribution in [-0.4, -0.2) is 9.97 Å². The van der Waals surface area contributed by atoms with Gasteiger partial charge in [0.25, 0.3) is 0 Å². The lowest BCUT2D eigenvalue weighted by Crippen LogP contribution is -1.84. The van der Waals surface area contributed by atoms with Crippen LogP contribution in [0, 0.1) is 6.92 Å². The molecular formula is C18H14N2S3. The first-order valence-corrected chi connectivity index (χ1v) is 9.96. The molecule has 0 N–H and O–H groups in total. The quantitative estimate of drug-likeness (QED) is 0.419. The number of aromatic nitrogens is 2. The van der Waals surface area contributed by atoms with Gasteiger partial charge in [-0.25, -0.2) is 9.97 Å². The third-order valence-corrected chi connectivity index (χ3v) is 6.68. The van der Waals surface area contributed by atoms with E-state index < -0.39 is 0 Å². The van der Waals surface area contributed by atoms with Crippen molar-refractivity contribution >= 4 is 44.7 Å². The molecule has 2 aromatic heterocycles. The Labute approximate surface area is 147 Å². The molecule has 0 amide bonds. The van der Waals surface area contributed by atoms with E-state index in [9.17, 15) is 0 Å². The van der Waals surface area contributed by atoms with Crippen LogP contribution in [0.4, 0.5) is 0 Å². The van der Waals surface area contributed by atoms with Crippen LogP contribution in [0.1, 0.15) is 11.3 Å². The number of fused-ring (bicyclic) bond motifs is 1. The Balaban J connectivity index is 1.51. The summed E-state index contributed by atoms with van der Waals surface area (Å²) in [5.74, 6) is 0.863. The molecule has 0 saturated heterocycles. The molecule has 0 aliphatic heterocycles. The third kappa shape index (κ3) is 3.17. The highest BCUT2D eigenvalue weighted by atomic mass is 32.2. The van der Waals surface area contributed by atoms with Crippen LogP contribution in [0.3, 0.4) is 0 Å². The summed E-state index contributed by atoms with van der Waals surface area (Å²) >= 11 is 5.23. The summed E-state index contributed by atoms with van der Waals surface area (Å²) < 4.78 is 2.35. The first-order valence-electron chi connectivity index (χ1n) is 7.28. The van der Waals surface area contributed by atoms with Crippen molar-refractivity contribution in [1.82, 2.24) is 9.97 Å². The minimum absolute atomic E-state index is 0.863. The molecule has 0 atom stereocenters. The summed E-state index contributed by atoms with van der Waals surface area (Å²) in [5.41, 5.74) is 4.71. The fourth-order valence-corrected chi connectivity index (χ4v) is 5.33. The highest BCUT2D eigenvalue weighted by Crippen LogP contribution is 2.33. The molecule has 0 aliphatic rings. The lowest BCUT2D eigenvalue weighted by Gasteiger charge is -2.00. The zero-order valence-corrected chi connectivity index (χ0v) is 15.0. The first kappa shape index (κ1) is 14.9. The molecule has 2 nitrogen and oxygen atoms in total. The lowest BCUT2D eigenvalue weighted by atomic mass is 10.1. The number of thioether (sulfide) groups is 1. The Morgan fingerprint density at radius 1 is 1.00 bits per heavy atom. The van der Waals surface area contributed by atoms with Crippen LogP contribution >= 0.6 is 34.4 Å². The minimum Gasteiger partial charge on any atom is -0.240 e.